The van der Waals surface area contributed by atoms with Gasteiger partial charge in [0, 0.05) is 28.0 Å². The van der Waals surface area contributed by atoms with Crippen LogP contribution in [0.5, 0.6) is 0 Å². The van der Waals surface area contributed by atoms with E-state index in [2.05, 4.69) is 23.2 Å². The molecule has 0 radical (unpaired) electrons. The number of halogens is 1. The molecule has 3 aromatic rings. The van der Waals surface area contributed by atoms with Crippen molar-refractivity contribution in [1.29, 1.82) is 0 Å². The van der Waals surface area contributed by atoms with E-state index in [1.54, 1.807) is 23.7 Å². The Balaban J connectivity index is 1.87. The normalized spacial score (nSPS) is 12.7. The highest BCUT2D eigenvalue weighted by molar-refractivity contribution is 7.19. The second-order valence-corrected chi connectivity index (χ2v) is 5.99. The molecule has 1 atom stereocenters. The Hall–Kier alpha value is -1.42. The molecule has 4 heteroatoms. The Labute approximate surface area is 120 Å². The van der Waals surface area contributed by atoms with Crippen molar-refractivity contribution in [2.24, 2.45) is 5.73 Å². The predicted octanol–water partition coefficient (Wildman–Crippen LogP) is 4.19. The molecule has 0 saturated heterocycles. The quantitative estimate of drug-likeness (QED) is 0.785. The molecular formula is C15H13ClN2S. The lowest BCUT2D eigenvalue weighted by Crippen LogP contribution is -2.12. The maximum Gasteiger partial charge on any atom is 0.0622 e. The summed E-state index contributed by atoms with van der Waals surface area (Å²) in [6.45, 7) is 0. The summed E-state index contributed by atoms with van der Waals surface area (Å²) in [6.07, 6.45) is 4.14. The highest BCUT2D eigenvalue weighted by Gasteiger charge is 2.12. The van der Waals surface area contributed by atoms with Crippen LogP contribution in [0.1, 0.15) is 16.5 Å². The summed E-state index contributed by atoms with van der Waals surface area (Å²) in [7, 11) is 0. The molecule has 19 heavy (non-hydrogen) atoms. The number of nitrogens with two attached hydrogens (primary N) is 1. The van der Waals surface area contributed by atoms with Gasteiger partial charge in [-0.15, -0.1) is 11.3 Å². The molecule has 1 aromatic carbocycles. The zero-order valence-electron chi connectivity index (χ0n) is 10.2. The molecule has 0 aliphatic heterocycles. The average Bonchev–Trinajstić information content (AvgIpc) is 2.85. The van der Waals surface area contributed by atoms with Gasteiger partial charge in [-0.05, 0) is 35.6 Å². The fourth-order valence-corrected chi connectivity index (χ4v) is 3.35. The summed E-state index contributed by atoms with van der Waals surface area (Å²) in [4.78, 5) is 5.18. The number of hydrogen-bond donors (Lipinski definition) is 1. The second kappa shape index (κ2) is 5.29. The maximum absolute atomic E-state index is 6.29. The van der Waals surface area contributed by atoms with Crippen LogP contribution in [-0.4, -0.2) is 4.98 Å². The van der Waals surface area contributed by atoms with Crippen molar-refractivity contribution in [3.8, 4) is 0 Å². The van der Waals surface area contributed by atoms with Crippen LogP contribution in [0.15, 0.2) is 48.8 Å². The second-order valence-electron chi connectivity index (χ2n) is 4.46. The zero-order valence-corrected chi connectivity index (χ0v) is 11.8. The summed E-state index contributed by atoms with van der Waals surface area (Å²) >= 11 is 7.87. The van der Waals surface area contributed by atoms with E-state index in [0.717, 1.165) is 12.0 Å². The highest BCUT2D eigenvalue weighted by atomic mass is 35.5. The predicted molar refractivity (Wildman–Crippen MR) is 81.7 cm³/mol. The number of nitrogens with zero attached hydrogens (tertiary/aromatic N) is 1. The van der Waals surface area contributed by atoms with E-state index in [4.69, 9.17) is 17.3 Å². The first-order valence-electron chi connectivity index (χ1n) is 6.06. The standard InChI is InChI=1S/C15H13ClN2S/c16-12-9-18-6-5-10(12)7-13(17)15-8-11-3-1-2-4-14(11)19-15/h1-6,8-9,13H,7,17H2. The SMILES string of the molecule is NC(Cc1ccncc1Cl)c1cc2ccccc2s1. The lowest BCUT2D eigenvalue weighted by atomic mass is 10.1. The van der Waals surface area contributed by atoms with Crippen molar-refractivity contribution in [3.63, 3.8) is 0 Å². The molecule has 96 valence electrons. The van der Waals surface area contributed by atoms with Gasteiger partial charge in [0.05, 0.1) is 5.02 Å². The van der Waals surface area contributed by atoms with Gasteiger partial charge in [-0.1, -0.05) is 29.8 Å². The molecule has 2 N–H and O–H groups in total. The van der Waals surface area contributed by atoms with Crippen molar-refractivity contribution in [3.05, 3.63) is 64.3 Å². The lowest BCUT2D eigenvalue weighted by Gasteiger charge is -2.10. The first kappa shape index (κ1) is 12.6. The Morgan fingerprint density at radius 1 is 1.26 bits per heavy atom. The minimum absolute atomic E-state index is 0.0303. The van der Waals surface area contributed by atoms with Crippen molar-refractivity contribution in [2.45, 2.75) is 12.5 Å². The number of benzene rings is 1. The molecule has 3 rings (SSSR count). The van der Waals surface area contributed by atoms with Crippen molar-refractivity contribution in [1.82, 2.24) is 4.98 Å². The van der Waals surface area contributed by atoms with Gasteiger partial charge < -0.3 is 5.73 Å². The van der Waals surface area contributed by atoms with Crippen LogP contribution < -0.4 is 5.73 Å². The highest BCUT2D eigenvalue weighted by Crippen LogP contribution is 2.31. The van der Waals surface area contributed by atoms with Crippen LogP contribution in [0.4, 0.5) is 0 Å². The summed E-state index contributed by atoms with van der Waals surface area (Å²) in [5.41, 5.74) is 7.33. The molecule has 0 bridgehead atoms. The molecule has 0 saturated carbocycles. The molecule has 2 heterocycles. The summed E-state index contributed by atoms with van der Waals surface area (Å²) < 4.78 is 1.27. The molecule has 2 aromatic heterocycles. The lowest BCUT2D eigenvalue weighted by molar-refractivity contribution is 0.736. The van der Waals surface area contributed by atoms with E-state index in [9.17, 15) is 0 Å². The number of hydrogen-bond acceptors (Lipinski definition) is 3. The molecule has 0 aliphatic carbocycles. The van der Waals surface area contributed by atoms with E-state index >= 15 is 0 Å². The van der Waals surface area contributed by atoms with E-state index in [1.807, 2.05) is 18.2 Å². The molecular weight excluding hydrogens is 276 g/mol. The number of thiophene rings is 1. The fraction of sp³-hybridized carbons (Fsp3) is 0.133. The van der Waals surface area contributed by atoms with Crippen molar-refractivity contribution < 1.29 is 0 Å². The van der Waals surface area contributed by atoms with Gasteiger partial charge in [-0.3, -0.25) is 4.98 Å². The van der Waals surface area contributed by atoms with E-state index in [1.165, 1.54) is 15.0 Å². The summed E-state index contributed by atoms with van der Waals surface area (Å²) in [5, 5.41) is 1.93. The maximum atomic E-state index is 6.29. The van der Waals surface area contributed by atoms with Gasteiger partial charge in [0.1, 0.15) is 0 Å². The molecule has 0 fully saturated rings. The molecule has 0 spiro atoms. The van der Waals surface area contributed by atoms with Crippen molar-refractivity contribution >= 4 is 33.0 Å². The number of rotatable bonds is 3. The van der Waals surface area contributed by atoms with Gasteiger partial charge in [-0.25, -0.2) is 0 Å². The van der Waals surface area contributed by atoms with Gasteiger partial charge in [0.15, 0.2) is 0 Å². The molecule has 1 unspecified atom stereocenters. The minimum atomic E-state index is -0.0303. The molecule has 2 nitrogen and oxygen atoms in total. The van der Waals surface area contributed by atoms with Crippen LogP contribution in [0, 0.1) is 0 Å². The Kier molecular flexibility index (Phi) is 3.51. The first-order valence-corrected chi connectivity index (χ1v) is 7.26. The van der Waals surface area contributed by atoms with Crippen LogP contribution in [0.2, 0.25) is 5.02 Å². The fourth-order valence-electron chi connectivity index (χ4n) is 2.09. The summed E-state index contributed by atoms with van der Waals surface area (Å²) in [6, 6.07) is 12.4. The van der Waals surface area contributed by atoms with E-state index < -0.39 is 0 Å². The number of fused-ring (bicyclic) bond motifs is 1. The largest absolute Gasteiger partial charge is 0.323 e. The van der Waals surface area contributed by atoms with Gasteiger partial charge in [0.25, 0.3) is 0 Å². The number of pyridine rings is 1. The van der Waals surface area contributed by atoms with Gasteiger partial charge in [0.2, 0.25) is 0 Å². The van der Waals surface area contributed by atoms with Crippen LogP contribution >= 0.6 is 22.9 Å². The first-order chi connectivity index (χ1) is 9.24. The van der Waals surface area contributed by atoms with E-state index in [-0.39, 0.29) is 6.04 Å². The van der Waals surface area contributed by atoms with Gasteiger partial charge >= 0.3 is 0 Å². The summed E-state index contributed by atoms with van der Waals surface area (Å²) in [5.74, 6) is 0. The third-order valence-corrected chi connectivity index (χ3v) is 4.69. The molecule has 0 amide bonds. The number of aromatic nitrogens is 1. The van der Waals surface area contributed by atoms with Gasteiger partial charge in [-0.2, -0.15) is 0 Å². The third-order valence-electron chi connectivity index (χ3n) is 3.11. The Morgan fingerprint density at radius 2 is 2.11 bits per heavy atom. The minimum Gasteiger partial charge on any atom is -0.323 e. The molecule has 0 aliphatic rings. The van der Waals surface area contributed by atoms with Crippen molar-refractivity contribution in [2.75, 3.05) is 0 Å². The van der Waals surface area contributed by atoms with Crippen LogP contribution in [0.3, 0.4) is 0 Å². The Bertz CT molecular complexity index is 675. The van der Waals surface area contributed by atoms with E-state index in [0.29, 0.717) is 5.02 Å². The monoisotopic (exact) mass is 288 g/mol. The average molecular weight is 289 g/mol. The van der Waals surface area contributed by atoms with Crippen LogP contribution in [-0.2, 0) is 6.42 Å². The zero-order chi connectivity index (χ0) is 13.2. The topological polar surface area (TPSA) is 38.9 Å². The van der Waals surface area contributed by atoms with Crippen LogP contribution in [0.25, 0.3) is 10.1 Å². The third kappa shape index (κ3) is 2.63. The smallest absolute Gasteiger partial charge is 0.0622 e. The Morgan fingerprint density at radius 3 is 2.89 bits per heavy atom.